The smallest absolute Gasteiger partial charge is 0.182 e. The van der Waals surface area contributed by atoms with Crippen LogP contribution in [0.1, 0.15) is 78.6 Å². The van der Waals surface area contributed by atoms with Crippen LogP contribution in [0.4, 0.5) is 0 Å². The fraction of sp³-hybridized carbons (Fsp3) is 1.00. The van der Waals surface area contributed by atoms with Crippen LogP contribution in [0.5, 0.6) is 0 Å². The summed E-state index contributed by atoms with van der Waals surface area (Å²) in [7, 11) is 0. The molecule has 0 radical (unpaired) electrons. The van der Waals surface area contributed by atoms with Gasteiger partial charge < -0.3 is 15.9 Å². The Bertz CT molecular complexity index is 506. The van der Waals surface area contributed by atoms with Gasteiger partial charge in [0, 0.05) is 5.92 Å². The first-order valence-corrected chi connectivity index (χ1v) is 10.5. The van der Waals surface area contributed by atoms with Crippen molar-refractivity contribution in [1.82, 2.24) is 0 Å². The van der Waals surface area contributed by atoms with Gasteiger partial charge in [-0.05, 0) is 73.0 Å². The minimum atomic E-state index is -1.68. The lowest BCUT2D eigenvalue weighted by molar-refractivity contribution is -0.245. The molecule has 0 aliphatic heterocycles. The lowest BCUT2D eigenvalue weighted by Gasteiger charge is -2.61. The second-order valence-corrected chi connectivity index (χ2v) is 10.1. The van der Waals surface area contributed by atoms with Gasteiger partial charge >= 0.3 is 0 Å². The summed E-state index contributed by atoms with van der Waals surface area (Å²) >= 11 is 0. The molecule has 4 N–H and O–H groups in total. The summed E-state index contributed by atoms with van der Waals surface area (Å²) in [4.78, 5) is 0. The third-order valence-electron chi connectivity index (χ3n) is 9.46. The number of aliphatic hydroxyl groups is 2. The Morgan fingerprint density at radius 1 is 0.958 bits per heavy atom. The van der Waals surface area contributed by atoms with Crippen LogP contribution < -0.4 is 5.73 Å². The summed E-state index contributed by atoms with van der Waals surface area (Å²) in [5, 5.41) is 22.1. The van der Waals surface area contributed by atoms with Gasteiger partial charge in [0.25, 0.3) is 0 Å². The maximum absolute atomic E-state index is 11.1. The molecule has 4 aliphatic rings. The Hall–Kier alpha value is -0.120. The zero-order valence-electron chi connectivity index (χ0n) is 15.8. The van der Waals surface area contributed by atoms with Gasteiger partial charge in [0.05, 0.1) is 6.04 Å². The first-order valence-electron chi connectivity index (χ1n) is 10.5. The minimum absolute atomic E-state index is 0.00328. The van der Waals surface area contributed by atoms with Crippen LogP contribution in [0.25, 0.3) is 0 Å². The van der Waals surface area contributed by atoms with Gasteiger partial charge in [0.1, 0.15) is 0 Å². The molecule has 24 heavy (non-hydrogen) atoms. The fourth-order valence-corrected chi connectivity index (χ4v) is 8.38. The molecule has 0 heterocycles. The largest absolute Gasteiger partial charge is 0.364 e. The lowest BCUT2D eigenvalue weighted by Crippen LogP contribution is -2.58. The van der Waals surface area contributed by atoms with Crippen LogP contribution in [0.3, 0.4) is 0 Å². The number of hydrogen-bond acceptors (Lipinski definition) is 3. The Morgan fingerprint density at radius 3 is 2.42 bits per heavy atom. The Kier molecular flexibility index (Phi) is 3.92. The fourth-order valence-electron chi connectivity index (χ4n) is 8.38. The van der Waals surface area contributed by atoms with Crippen molar-refractivity contribution in [2.75, 3.05) is 0 Å². The summed E-state index contributed by atoms with van der Waals surface area (Å²) in [6.45, 7) is 7.00. The van der Waals surface area contributed by atoms with E-state index in [0.717, 1.165) is 18.8 Å². The van der Waals surface area contributed by atoms with E-state index in [0.29, 0.717) is 17.3 Å². The highest BCUT2D eigenvalue weighted by Gasteiger charge is 2.69. The summed E-state index contributed by atoms with van der Waals surface area (Å²) in [5.41, 5.74) is 6.82. The molecule has 4 aliphatic carbocycles. The van der Waals surface area contributed by atoms with Gasteiger partial charge in [-0.25, -0.2) is 0 Å². The Balaban J connectivity index is 1.73. The van der Waals surface area contributed by atoms with E-state index in [-0.39, 0.29) is 17.3 Å². The highest BCUT2D eigenvalue weighted by atomic mass is 16.5. The predicted molar refractivity (Wildman–Crippen MR) is 96.0 cm³/mol. The molecular formula is C21H37NO2. The van der Waals surface area contributed by atoms with Gasteiger partial charge in [0.2, 0.25) is 0 Å². The van der Waals surface area contributed by atoms with Gasteiger partial charge in [-0.2, -0.15) is 0 Å². The number of nitrogens with two attached hydrogens (primary N) is 1. The number of rotatable bonds is 1. The molecule has 3 heteroatoms. The van der Waals surface area contributed by atoms with Crippen molar-refractivity contribution >= 4 is 0 Å². The molecule has 0 aromatic carbocycles. The third kappa shape index (κ3) is 2.01. The van der Waals surface area contributed by atoms with Gasteiger partial charge in [-0.15, -0.1) is 0 Å². The van der Waals surface area contributed by atoms with Crippen molar-refractivity contribution in [2.24, 2.45) is 46.2 Å². The molecule has 8 atom stereocenters. The molecule has 4 saturated carbocycles. The molecule has 0 aromatic rings. The molecule has 0 amide bonds. The van der Waals surface area contributed by atoms with Crippen LogP contribution in [-0.2, 0) is 0 Å². The quantitative estimate of drug-likeness (QED) is 0.641. The summed E-state index contributed by atoms with van der Waals surface area (Å²) in [6, 6.07) is -0.492. The Labute approximate surface area is 147 Å². The van der Waals surface area contributed by atoms with Crippen LogP contribution in [0.2, 0.25) is 0 Å². The van der Waals surface area contributed by atoms with Crippen molar-refractivity contribution in [1.29, 1.82) is 0 Å². The van der Waals surface area contributed by atoms with E-state index in [1.165, 1.54) is 44.9 Å². The average molecular weight is 336 g/mol. The lowest BCUT2D eigenvalue weighted by atomic mass is 9.44. The van der Waals surface area contributed by atoms with E-state index >= 15 is 0 Å². The van der Waals surface area contributed by atoms with Gasteiger partial charge in [-0.1, -0.05) is 40.0 Å². The van der Waals surface area contributed by atoms with E-state index in [2.05, 4.69) is 20.8 Å². The average Bonchev–Trinajstić information content (AvgIpc) is 2.69. The molecule has 0 bridgehead atoms. The topological polar surface area (TPSA) is 66.5 Å². The van der Waals surface area contributed by atoms with E-state index in [1.54, 1.807) is 0 Å². The van der Waals surface area contributed by atoms with Crippen LogP contribution >= 0.6 is 0 Å². The van der Waals surface area contributed by atoms with Crippen LogP contribution in [0, 0.1) is 40.4 Å². The maximum atomic E-state index is 11.1. The van der Waals surface area contributed by atoms with Crippen molar-refractivity contribution in [3.63, 3.8) is 0 Å². The maximum Gasteiger partial charge on any atom is 0.182 e. The first kappa shape index (κ1) is 17.3. The molecule has 2 unspecified atom stereocenters. The van der Waals surface area contributed by atoms with E-state index in [9.17, 15) is 10.2 Å². The highest BCUT2D eigenvalue weighted by molar-refractivity contribution is 5.16. The third-order valence-corrected chi connectivity index (χ3v) is 9.46. The van der Waals surface area contributed by atoms with Gasteiger partial charge in [-0.3, -0.25) is 0 Å². The number of fused-ring (bicyclic) bond motifs is 5. The summed E-state index contributed by atoms with van der Waals surface area (Å²) < 4.78 is 0. The van der Waals surface area contributed by atoms with Crippen molar-refractivity contribution in [2.45, 2.75) is 90.4 Å². The zero-order chi connectivity index (χ0) is 17.3. The first-order chi connectivity index (χ1) is 11.3. The molecule has 4 rings (SSSR count). The second-order valence-electron chi connectivity index (χ2n) is 10.1. The zero-order valence-corrected chi connectivity index (χ0v) is 15.8. The molecule has 138 valence electrons. The molecular weight excluding hydrogens is 298 g/mol. The predicted octanol–water partition coefficient (Wildman–Crippen LogP) is 3.67. The monoisotopic (exact) mass is 335 g/mol. The van der Waals surface area contributed by atoms with Crippen molar-refractivity contribution in [3.05, 3.63) is 0 Å². The molecule has 0 saturated heterocycles. The van der Waals surface area contributed by atoms with Gasteiger partial charge in [0.15, 0.2) is 5.79 Å². The van der Waals surface area contributed by atoms with Crippen LogP contribution in [0.15, 0.2) is 0 Å². The molecule has 3 nitrogen and oxygen atoms in total. The van der Waals surface area contributed by atoms with E-state index in [1.807, 2.05) is 0 Å². The molecule has 4 fully saturated rings. The van der Waals surface area contributed by atoms with Crippen LogP contribution in [-0.4, -0.2) is 22.0 Å². The number of hydrogen-bond donors (Lipinski definition) is 3. The van der Waals surface area contributed by atoms with E-state index in [4.69, 9.17) is 5.73 Å². The Morgan fingerprint density at radius 2 is 1.71 bits per heavy atom. The van der Waals surface area contributed by atoms with E-state index < -0.39 is 11.8 Å². The summed E-state index contributed by atoms with van der Waals surface area (Å²) in [6.07, 6.45) is 11.3. The van der Waals surface area contributed by atoms with Crippen molar-refractivity contribution in [3.8, 4) is 0 Å². The minimum Gasteiger partial charge on any atom is -0.364 e. The molecule has 0 spiro atoms. The highest BCUT2D eigenvalue weighted by Crippen LogP contribution is 2.69. The normalized spacial score (nSPS) is 56.2. The summed E-state index contributed by atoms with van der Waals surface area (Å²) in [5.74, 6) is 0.479. The standard InChI is InChI=1S/C21H37NO2/c1-4-15-18(22)21(23,24)17-14-9-8-13-7-5-6-11-19(13,2)16(14)10-12-20(15,17)3/h13-18,23-24H,4-12,22H2,1-3H3/t13?,14-,15+,16+,17+,18?,19+,20-/m1/s1. The molecule has 0 aromatic heterocycles. The van der Waals surface area contributed by atoms with Crippen molar-refractivity contribution < 1.29 is 10.2 Å². The second kappa shape index (κ2) is 5.44. The SMILES string of the molecule is CC[C@H]1C(N)C(O)(O)[C@H]2[C@@H]3CCC4CCCC[C@]4(C)[C@H]3CC[C@@]21C.